The van der Waals surface area contributed by atoms with E-state index >= 15 is 0 Å². The van der Waals surface area contributed by atoms with Crippen molar-refractivity contribution in [2.24, 2.45) is 0 Å². The minimum absolute atomic E-state index is 0.444. The Morgan fingerprint density at radius 1 is 1.16 bits per heavy atom. The number of hydroxylamine groups is 2. The predicted molar refractivity (Wildman–Crippen MR) is 61.9 cm³/mol. The summed E-state index contributed by atoms with van der Waals surface area (Å²) in [6, 6.07) is 4.55. The van der Waals surface area contributed by atoms with Crippen LogP contribution in [0.3, 0.4) is 0 Å². The van der Waals surface area contributed by atoms with E-state index in [4.69, 9.17) is 4.74 Å². The van der Waals surface area contributed by atoms with Crippen LogP contribution < -0.4 is 0 Å². The summed E-state index contributed by atoms with van der Waals surface area (Å²) in [6.45, 7) is 4.95. The van der Waals surface area contributed by atoms with Gasteiger partial charge in [-0.2, -0.15) is 13.2 Å². The molecule has 1 unspecified atom stereocenters. The number of nitrogens with zero attached hydrogens (tertiary/aromatic N) is 1. The van der Waals surface area contributed by atoms with Crippen LogP contribution >= 0.6 is 0 Å². The first kappa shape index (κ1) is 13.7. The van der Waals surface area contributed by atoms with E-state index in [0.717, 1.165) is 17.2 Å². The van der Waals surface area contributed by atoms with Gasteiger partial charge in [-0.05, 0) is 26.0 Å². The lowest BCUT2D eigenvalue weighted by atomic mass is 10.0. The van der Waals surface area contributed by atoms with Crippen LogP contribution in [0.1, 0.15) is 31.9 Å². The van der Waals surface area contributed by atoms with Crippen molar-refractivity contribution < 1.29 is 23.1 Å². The summed E-state index contributed by atoms with van der Waals surface area (Å²) in [6.07, 6.45) is -4.38. The van der Waals surface area contributed by atoms with Crippen LogP contribution in [0.25, 0.3) is 0 Å². The lowest BCUT2D eigenvalue weighted by Gasteiger charge is -2.32. The zero-order valence-corrected chi connectivity index (χ0v) is 10.7. The van der Waals surface area contributed by atoms with Crippen molar-refractivity contribution in [3.05, 3.63) is 46.8 Å². The van der Waals surface area contributed by atoms with Gasteiger partial charge in [0.2, 0.25) is 5.72 Å². The van der Waals surface area contributed by atoms with Crippen molar-refractivity contribution in [2.75, 3.05) is 0 Å². The number of hydrogen-bond donors (Lipinski definition) is 1. The van der Waals surface area contributed by atoms with Crippen molar-refractivity contribution in [3.8, 4) is 0 Å². The Labute approximate surface area is 108 Å². The average Bonchev–Trinajstić information content (AvgIpc) is 2.54. The van der Waals surface area contributed by atoms with E-state index in [1.165, 1.54) is 12.1 Å². The van der Waals surface area contributed by atoms with Gasteiger partial charge in [0, 0.05) is 12.5 Å². The Morgan fingerprint density at radius 3 is 2.05 bits per heavy atom. The molecule has 2 rings (SSSR count). The fourth-order valence-corrected chi connectivity index (χ4v) is 2.03. The maximum Gasteiger partial charge on any atom is 0.416 e. The van der Waals surface area contributed by atoms with Crippen LogP contribution in [0.2, 0.25) is 0 Å². The number of alkyl halides is 3. The highest BCUT2D eigenvalue weighted by Crippen LogP contribution is 2.40. The van der Waals surface area contributed by atoms with Gasteiger partial charge in [0.1, 0.15) is 5.76 Å². The fourth-order valence-electron chi connectivity index (χ4n) is 2.03. The number of halogens is 3. The van der Waals surface area contributed by atoms with Gasteiger partial charge in [-0.3, -0.25) is 5.21 Å². The fraction of sp³-hybridized carbons (Fsp3) is 0.385. The Hall–Kier alpha value is -1.69. The van der Waals surface area contributed by atoms with Crippen LogP contribution in [-0.4, -0.2) is 10.3 Å². The van der Waals surface area contributed by atoms with Gasteiger partial charge >= 0.3 is 6.18 Å². The number of ether oxygens (including phenoxy) is 1. The number of allylic oxidation sites excluding steroid dienone is 2. The third kappa shape index (κ3) is 2.16. The van der Waals surface area contributed by atoms with Crippen LogP contribution in [0, 0.1) is 0 Å². The zero-order valence-electron chi connectivity index (χ0n) is 10.7. The molecule has 0 aliphatic carbocycles. The highest BCUT2D eigenvalue weighted by molar-refractivity contribution is 5.30. The lowest BCUT2D eigenvalue weighted by Crippen LogP contribution is -2.37. The molecule has 1 aliphatic rings. The normalized spacial score (nSPS) is 23.8. The smallest absolute Gasteiger partial charge is 0.416 e. The van der Waals surface area contributed by atoms with Crippen LogP contribution in [0.4, 0.5) is 13.2 Å². The molecule has 19 heavy (non-hydrogen) atoms. The molecule has 1 aliphatic heterocycles. The molecule has 1 heterocycles. The largest absolute Gasteiger partial charge is 0.465 e. The zero-order chi connectivity index (χ0) is 14.4. The Morgan fingerprint density at radius 2 is 1.68 bits per heavy atom. The van der Waals surface area contributed by atoms with E-state index in [0.29, 0.717) is 17.0 Å². The van der Waals surface area contributed by atoms with Crippen molar-refractivity contribution in [3.63, 3.8) is 0 Å². The molecule has 0 spiro atoms. The molecule has 104 valence electrons. The summed E-state index contributed by atoms with van der Waals surface area (Å²) < 4.78 is 43.0. The van der Waals surface area contributed by atoms with Gasteiger partial charge < -0.3 is 4.74 Å². The molecule has 0 aromatic heterocycles. The van der Waals surface area contributed by atoms with Gasteiger partial charge in [-0.15, -0.1) is 0 Å². The van der Waals surface area contributed by atoms with Gasteiger partial charge in [0.15, 0.2) is 0 Å². The molecule has 1 N–H and O–H groups in total. The van der Waals surface area contributed by atoms with Crippen LogP contribution in [-0.2, 0) is 16.6 Å². The van der Waals surface area contributed by atoms with E-state index in [9.17, 15) is 18.4 Å². The first-order chi connectivity index (χ1) is 8.66. The molecule has 0 saturated carbocycles. The standard InChI is InChI=1S/C13H14F3NO2/c1-8-9(2)19-12(3,17(8)18)10-4-6-11(7-5-10)13(14,15)16/h4-7,18H,1-3H3. The Bertz CT molecular complexity index is 522. The summed E-state index contributed by atoms with van der Waals surface area (Å²) >= 11 is 0. The SMILES string of the molecule is CC1=C(C)N(O)C(C)(c2ccc(C(F)(F)F)cc2)O1. The molecule has 1 aromatic rings. The van der Waals surface area contributed by atoms with E-state index in [1.54, 1.807) is 20.8 Å². The topological polar surface area (TPSA) is 32.7 Å². The number of hydrogen-bond acceptors (Lipinski definition) is 3. The monoisotopic (exact) mass is 273 g/mol. The van der Waals surface area contributed by atoms with Crippen LogP contribution in [0.15, 0.2) is 35.7 Å². The molecular weight excluding hydrogens is 259 g/mol. The van der Waals surface area contributed by atoms with E-state index < -0.39 is 17.5 Å². The Balaban J connectivity index is 2.34. The maximum absolute atomic E-state index is 12.5. The van der Waals surface area contributed by atoms with Crippen molar-refractivity contribution >= 4 is 0 Å². The number of rotatable bonds is 1. The average molecular weight is 273 g/mol. The minimum atomic E-state index is -4.38. The van der Waals surface area contributed by atoms with Crippen LogP contribution in [0.5, 0.6) is 0 Å². The van der Waals surface area contributed by atoms with Crippen molar-refractivity contribution in [1.29, 1.82) is 0 Å². The summed E-state index contributed by atoms with van der Waals surface area (Å²) in [7, 11) is 0. The van der Waals surface area contributed by atoms with Crippen molar-refractivity contribution in [2.45, 2.75) is 32.7 Å². The quantitative estimate of drug-likeness (QED) is 0.843. The predicted octanol–water partition coefficient (Wildman–Crippen LogP) is 3.85. The maximum atomic E-state index is 12.5. The second kappa shape index (κ2) is 4.16. The second-order valence-electron chi connectivity index (χ2n) is 4.61. The first-order valence-electron chi connectivity index (χ1n) is 5.69. The third-order valence-corrected chi connectivity index (χ3v) is 3.33. The van der Waals surface area contributed by atoms with Gasteiger partial charge in [-0.25, -0.2) is 5.06 Å². The molecule has 0 fully saturated rings. The summed E-state index contributed by atoms with van der Waals surface area (Å²) in [5.74, 6) is 0.532. The molecular formula is C13H14F3NO2. The minimum Gasteiger partial charge on any atom is -0.465 e. The molecule has 1 atom stereocenters. The molecule has 0 bridgehead atoms. The van der Waals surface area contributed by atoms with Crippen molar-refractivity contribution in [1.82, 2.24) is 5.06 Å². The van der Waals surface area contributed by atoms with E-state index in [-0.39, 0.29) is 0 Å². The molecule has 6 heteroatoms. The Kier molecular flexibility index (Phi) is 3.01. The molecule has 0 amide bonds. The van der Waals surface area contributed by atoms with Gasteiger partial charge in [-0.1, -0.05) is 12.1 Å². The second-order valence-corrected chi connectivity index (χ2v) is 4.61. The van der Waals surface area contributed by atoms with Gasteiger partial charge in [0.05, 0.1) is 11.3 Å². The van der Waals surface area contributed by atoms with Gasteiger partial charge in [0.25, 0.3) is 0 Å². The molecule has 0 saturated heterocycles. The first-order valence-corrected chi connectivity index (χ1v) is 5.69. The molecule has 1 aromatic carbocycles. The third-order valence-electron chi connectivity index (χ3n) is 3.33. The summed E-state index contributed by atoms with van der Waals surface area (Å²) in [5.41, 5.74) is -0.955. The summed E-state index contributed by atoms with van der Waals surface area (Å²) in [4.78, 5) is 0. The lowest BCUT2D eigenvalue weighted by molar-refractivity contribution is -0.217. The van der Waals surface area contributed by atoms with E-state index in [2.05, 4.69) is 0 Å². The highest BCUT2D eigenvalue weighted by atomic mass is 19.4. The molecule has 3 nitrogen and oxygen atoms in total. The number of benzene rings is 1. The highest BCUT2D eigenvalue weighted by Gasteiger charge is 2.42. The summed E-state index contributed by atoms with van der Waals surface area (Å²) in [5, 5.41) is 10.9. The van der Waals surface area contributed by atoms with E-state index in [1.807, 2.05) is 0 Å². The molecule has 0 radical (unpaired) electrons.